The van der Waals surface area contributed by atoms with E-state index in [0.717, 1.165) is 23.3 Å². The topological polar surface area (TPSA) is 29.5 Å². The summed E-state index contributed by atoms with van der Waals surface area (Å²) in [6.07, 6.45) is 1.22. The molecule has 2 aromatic rings. The van der Waals surface area contributed by atoms with Gasteiger partial charge in [0.25, 0.3) is 0 Å². The van der Waals surface area contributed by atoms with Crippen LogP contribution in [0.5, 0.6) is 0 Å². The number of rotatable bonds is 3. The summed E-state index contributed by atoms with van der Waals surface area (Å²) in [4.78, 5) is 15.3. The molecule has 1 atom stereocenters. The Bertz CT molecular complexity index is 880. The van der Waals surface area contributed by atoms with E-state index < -0.39 is 5.60 Å². The third-order valence-corrected chi connectivity index (χ3v) is 6.63. The fourth-order valence-corrected chi connectivity index (χ4v) is 4.89. The summed E-state index contributed by atoms with van der Waals surface area (Å²) >= 11 is 8.25. The SMILES string of the molecule is CC(Sc1c(Cl)ccc2c1CCN(C(=O)OC(C)(C)C)CC2)c1ccc(F)cc1. The Balaban J connectivity index is 1.79. The lowest BCUT2D eigenvalue weighted by molar-refractivity contribution is 0.0258. The highest BCUT2D eigenvalue weighted by Crippen LogP contribution is 2.42. The minimum absolute atomic E-state index is 0.129. The minimum atomic E-state index is -0.509. The van der Waals surface area contributed by atoms with Crippen LogP contribution in [0.1, 0.15) is 49.6 Å². The van der Waals surface area contributed by atoms with Gasteiger partial charge in [0.1, 0.15) is 11.4 Å². The van der Waals surface area contributed by atoms with Crippen LogP contribution in [0.15, 0.2) is 41.3 Å². The fraction of sp³-hybridized carbons (Fsp3) is 0.435. The van der Waals surface area contributed by atoms with Gasteiger partial charge in [-0.25, -0.2) is 9.18 Å². The first-order valence-corrected chi connectivity index (χ1v) is 11.1. The van der Waals surface area contributed by atoms with Crippen LogP contribution in [0.3, 0.4) is 0 Å². The van der Waals surface area contributed by atoms with Gasteiger partial charge in [-0.3, -0.25) is 0 Å². The van der Waals surface area contributed by atoms with E-state index in [2.05, 4.69) is 13.0 Å². The van der Waals surface area contributed by atoms with Gasteiger partial charge in [-0.1, -0.05) is 29.8 Å². The van der Waals surface area contributed by atoms with E-state index in [4.69, 9.17) is 16.3 Å². The van der Waals surface area contributed by atoms with Gasteiger partial charge in [-0.15, -0.1) is 11.8 Å². The second kappa shape index (κ2) is 8.97. The third-order valence-electron chi connectivity index (χ3n) is 4.88. The van der Waals surface area contributed by atoms with Gasteiger partial charge in [0.15, 0.2) is 0 Å². The molecule has 6 heteroatoms. The zero-order chi connectivity index (χ0) is 21.2. The fourth-order valence-electron chi connectivity index (χ4n) is 3.38. The van der Waals surface area contributed by atoms with Crippen molar-refractivity contribution in [1.29, 1.82) is 0 Å². The van der Waals surface area contributed by atoms with Crippen LogP contribution >= 0.6 is 23.4 Å². The molecule has 0 fully saturated rings. The van der Waals surface area contributed by atoms with Crippen molar-refractivity contribution in [1.82, 2.24) is 4.90 Å². The van der Waals surface area contributed by atoms with Gasteiger partial charge in [0.05, 0.1) is 5.02 Å². The van der Waals surface area contributed by atoms with Gasteiger partial charge in [-0.05, 0) is 75.4 Å². The van der Waals surface area contributed by atoms with Crippen LogP contribution in [0, 0.1) is 5.82 Å². The molecular formula is C23H27ClFNO2S. The van der Waals surface area contributed by atoms with Crippen LogP contribution in [0.4, 0.5) is 9.18 Å². The maximum atomic E-state index is 13.2. The first kappa shape index (κ1) is 22.0. The average Bonchev–Trinajstić information content (AvgIpc) is 2.86. The van der Waals surface area contributed by atoms with Gasteiger partial charge in [0.2, 0.25) is 0 Å². The quantitative estimate of drug-likeness (QED) is 0.504. The molecule has 0 saturated carbocycles. The Hall–Kier alpha value is -1.72. The van der Waals surface area contributed by atoms with Gasteiger partial charge in [-0.2, -0.15) is 0 Å². The summed E-state index contributed by atoms with van der Waals surface area (Å²) in [5, 5.41) is 0.846. The Kier molecular flexibility index (Phi) is 6.79. The number of fused-ring (bicyclic) bond motifs is 1. The van der Waals surface area contributed by atoms with E-state index in [0.29, 0.717) is 18.1 Å². The zero-order valence-electron chi connectivity index (χ0n) is 17.3. The lowest BCUT2D eigenvalue weighted by Gasteiger charge is -2.26. The van der Waals surface area contributed by atoms with Crippen LogP contribution in [0.25, 0.3) is 0 Å². The lowest BCUT2D eigenvalue weighted by atomic mass is 10.0. The standard InChI is InChI=1S/C23H27ClFNO2S/c1-15(16-5-8-18(25)9-6-16)29-21-19-12-14-26(22(27)28-23(2,3)4)13-11-17(19)7-10-20(21)24/h5-10,15H,11-14H2,1-4H3. The molecule has 1 aliphatic heterocycles. The molecule has 29 heavy (non-hydrogen) atoms. The Morgan fingerprint density at radius 1 is 1.14 bits per heavy atom. The van der Waals surface area contributed by atoms with Crippen LogP contribution in [-0.2, 0) is 17.6 Å². The molecule has 0 bridgehead atoms. The smallest absolute Gasteiger partial charge is 0.410 e. The highest BCUT2D eigenvalue weighted by atomic mass is 35.5. The minimum Gasteiger partial charge on any atom is -0.444 e. The first-order chi connectivity index (χ1) is 13.6. The second-order valence-corrected chi connectivity index (χ2v) is 10.1. The molecule has 156 valence electrons. The van der Waals surface area contributed by atoms with Crippen molar-refractivity contribution in [3.05, 3.63) is 63.9 Å². The monoisotopic (exact) mass is 435 g/mol. The number of halogens is 2. The van der Waals surface area contributed by atoms with E-state index >= 15 is 0 Å². The second-order valence-electron chi connectivity index (χ2n) is 8.29. The van der Waals surface area contributed by atoms with Crippen LogP contribution in [-0.4, -0.2) is 29.7 Å². The normalized spacial score (nSPS) is 15.4. The van der Waals surface area contributed by atoms with Gasteiger partial charge in [0, 0.05) is 23.2 Å². The van der Waals surface area contributed by atoms with Crippen molar-refractivity contribution in [2.24, 2.45) is 0 Å². The van der Waals surface area contributed by atoms with E-state index in [1.165, 1.54) is 23.3 Å². The molecule has 0 radical (unpaired) electrons. The number of benzene rings is 2. The number of thioether (sulfide) groups is 1. The molecule has 1 heterocycles. The molecule has 1 aliphatic rings. The van der Waals surface area contributed by atoms with Crippen molar-refractivity contribution in [2.75, 3.05) is 13.1 Å². The lowest BCUT2D eigenvalue weighted by Crippen LogP contribution is -2.38. The Labute approximate surface area is 181 Å². The average molecular weight is 436 g/mol. The summed E-state index contributed by atoms with van der Waals surface area (Å²) in [6, 6.07) is 10.6. The van der Waals surface area contributed by atoms with Crippen molar-refractivity contribution in [3.63, 3.8) is 0 Å². The van der Waals surface area contributed by atoms with Crippen LogP contribution in [0.2, 0.25) is 5.02 Å². The highest BCUT2D eigenvalue weighted by molar-refractivity contribution is 7.99. The summed E-state index contributed by atoms with van der Waals surface area (Å²) in [7, 11) is 0. The van der Waals surface area contributed by atoms with Gasteiger partial charge >= 0.3 is 6.09 Å². The third kappa shape index (κ3) is 5.67. The molecule has 0 aromatic heterocycles. The molecule has 3 nitrogen and oxygen atoms in total. The summed E-state index contributed by atoms with van der Waals surface area (Å²) in [6.45, 7) is 8.95. The Morgan fingerprint density at radius 3 is 2.45 bits per heavy atom. The van der Waals surface area contributed by atoms with Crippen molar-refractivity contribution < 1.29 is 13.9 Å². The first-order valence-electron chi connectivity index (χ1n) is 9.84. The van der Waals surface area contributed by atoms with E-state index in [1.807, 2.05) is 39.0 Å². The largest absolute Gasteiger partial charge is 0.444 e. The number of carbonyl (C=O) groups is 1. The van der Waals surface area contributed by atoms with E-state index in [-0.39, 0.29) is 17.2 Å². The maximum absolute atomic E-state index is 13.2. The molecule has 0 spiro atoms. The molecule has 0 N–H and O–H groups in total. The zero-order valence-corrected chi connectivity index (χ0v) is 18.9. The van der Waals surface area contributed by atoms with Crippen molar-refractivity contribution in [3.8, 4) is 0 Å². The number of nitrogens with zero attached hydrogens (tertiary/aromatic N) is 1. The molecule has 3 rings (SSSR count). The van der Waals surface area contributed by atoms with Crippen molar-refractivity contribution in [2.45, 2.75) is 56.3 Å². The predicted octanol–water partition coefficient (Wildman–Crippen LogP) is 6.67. The van der Waals surface area contributed by atoms with Crippen LogP contribution < -0.4 is 0 Å². The Morgan fingerprint density at radius 2 is 1.79 bits per heavy atom. The van der Waals surface area contributed by atoms with E-state index in [1.54, 1.807) is 16.7 Å². The number of hydrogen-bond acceptors (Lipinski definition) is 3. The number of ether oxygens (including phenoxy) is 1. The summed E-state index contributed by atoms with van der Waals surface area (Å²) in [5.41, 5.74) is 2.95. The summed E-state index contributed by atoms with van der Waals surface area (Å²) < 4.78 is 18.8. The molecule has 1 amide bonds. The van der Waals surface area contributed by atoms with Crippen molar-refractivity contribution >= 4 is 29.5 Å². The number of amides is 1. The molecule has 0 saturated heterocycles. The highest BCUT2D eigenvalue weighted by Gasteiger charge is 2.26. The predicted molar refractivity (Wildman–Crippen MR) is 117 cm³/mol. The number of hydrogen-bond donors (Lipinski definition) is 0. The van der Waals surface area contributed by atoms with Gasteiger partial charge < -0.3 is 9.64 Å². The molecule has 0 aliphatic carbocycles. The summed E-state index contributed by atoms with van der Waals surface area (Å²) in [5.74, 6) is -0.236. The molecule has 1 unspecified atom stereocenters. The maximum Gasteiger partial charge on any atom is 0.410 e. The number of carbonyl (C=O) groups excluding carboxylic acids is 1. The molecular weight excluding hydrogens is 409 g/mol. The molecule has 2 aromatic carbocycles. The van der Waals surface area contributed by atoms with E-state index in [9.17, 15) is 9.18 Å².